The lowest BCUT2D eigenvalue weighted by Crippen LogP contribution is -2.17. The maximum atomic E-state index is 5.66. The quantitative estimate of drug-likeness (QED) is 0.593. The maximum Gasteiger partial charge on any atom is 0.261 e. The third-order valence-electron chi connectivity index (χ3n) is 2.64. The second-order valence-corrected chi connectivity index (χ2v) is 8.20. The second-order valence-electron chi connectivity index (χ2n) is 4.99. The maximum absolute atomic E-state index is 5.66. The third-order valence-corrected chi connectivity index (χ3v) is 5.32. The number of nitrogens with one attached hydrogen (secondary N) is 1. The van der Waals surface area contributed by atoms with Gasteiger partial charge in [-0.15, -0.1) is 0 Å². The minimum Gasteiger partial charge on any atom is -0.316 e. The van der Waals surface area contributed by atoms with Gasteiger partial charge in [0.25, 0.3) is 6.64 Å². The summed E-state index contributed by atoms with van der Waals surface area (Å²) in [6.45, 7) is 7.42. The third kappa shape index (κ3) is 6.26. The van der Waals surface area contributed by atoms with E-state index in [9.17, 15) is 0 Å². The number of hydrogen-bond acceptors (Lipinski definition) is 3. The molecule has 0 radical (unpaired) electrons. The molecular weight excluding hydrogens is 265 g/mol. The summed E-state index contributed by atoms with van der Waals surface area (Å²) in [5, 5.41) is 3.20. The zero-order valence-corrected chi connectivity index (χ0v) is 13.4. The van der Waals surface area contributed by atoms with Crippen LogP contribution in [0.4, 0.5) is 0 Å². The highest BCUT2D eigenvalue weighted by Crippen LogP contribution is 2.48. The van der Waals surface area contributed by atoms with Crippen LogP contribution in [0.15, 0.2) is 23.3 Å². The van der Waals surface area contributed by atoms with E-state index in [1.54, 1.807) is 0 Å². The van der Waals surface area contributed by atoms with Crippen molar-refractivity contribution in [2.45, 2.75) is 46.6 Å². The second kappa shape index (κ2) is 7.56. The Morgan fingerprint density at radius 2 is 2.17 bits per heavy atom. The Bertz CT molecular complexity index is 375. The van der Waals surface area contributed by atoms with Gasteiger partial charge in [-0.1, -0.05) is 23.3 Å². The number of allylic oxidation sites excluding steroid dienone is 3. The first-order chi connectivity index (χ1) is 8.41. The highest BCUT2D eigenvalue weighted by Gasteiger charge is 2.28. The average molecular weight is 289 g/mol. The van der Waals surface area contributed by atoms with Gasteiger partial charge in [0, 0.05) is 6.04 Å². The summed E-state index contributed by atoms with van der Waals surface area (Å²) in [4.78, 5) is 0. The zero-order chi connectivity index (χ0) is 13.6. The Morgan fingerprint density at radius 3 is 2.72 bits per heavy atom. The van der Waals surface area contributed by atoms with Crippen LogP contribution in [-0.2, 0) is 20.9 Å². The van der Waals surface area contributed by atoms with E-state index in [2.05, 4.69) is 44.9 Å². The summed E-state index contributed by atoms with van der Waals surface area (Å²) in [6.07, 6.45) is 6.51. The van der Waals surface area contributed by atoms with Crippen LogP contribution in [0.1, 0.15) is 40.5 Å². The van der Waals surface area contributed by atoms with Crippen molar-refractivity contribution in [1.82, 2.24) is 5.09 Å². The molecule has 0 bridgehead atoms. The Labute approximate surface area is 116 Å². The molecule has 1 fully saturated rings. The molecule has 1 aliphatic rings. The molecule has 0 aromatic heterocycles. The van der Waals surface area contributed by atoms with Crippen LogP contribution in [0.25, 0.3) is 0 Å². The van der Waals surface area contributed by atoms with E-state index in [1.165, 1.54) is 11.1 Å². The van der Waals surface area contributed by atoms with Crippen LogP contribution in [0.3, 0.4) is 0 Å². The first kappa shape index (κ1) is 16.1. The molecule has 1 heterocycles. The SMILES string of the molecule is CC(C)=CCC/C(C)=C/COP1(=S)N[C@@H](C)CO1. The molecule has 3 nitrogen and oxygen atoms in total. The van der Waals surface area contributed by atoms with Gasteiger partial charge in [0.1, 0.15) is 0 Å². The Hall–Kier alpha value is 0.01000. The van der Waals surface area contributed by atoms with Crippen molar-refractivity contribution in [3.8, 4) is 0 Å². The molecule has 1 rings (SSSR count). The molecule has 2 atom stereocenters. The smallest absolute Gasteiger partial charge is 0.261 e. The van der Waals surface area contributed by atoms with E-state index < -0.39 is 6.64 Å². The predicted molar refractivity (Wildman–Crippen MR) is 81.2 cm³/mol. The first-order valence-corrected chi connectivity index (χ1v) is 9.01. The summed E-state index contributed by atoms with van der Waals surface area (Å²) >= 11 is 5.33. The standard InChI is InChI=1S/C13H24NO2PS/c1-11(2)6-5-7-12(3)8-9-15-17(18)14-13(4)10-16-17/h6,8,13H,5,7,9-10H2,1-4H3,(H,14,18)/b12-8+/t13-,17?/m0/s1. The minimum absolute atomic E-state index is 0.304. The molecule has 1 N–H and O–H groups in total. The topological polar surface area (TPSA) is 30.5 Å². The molecule has 5 heteroatoms. The van der Waals surface area contributed by atoms with E-state index in [1.807, 2.05) is 0 Å². The van der Waals surface area contributed by atoms with E-state index in [-0.39, 0.29) is 0 Å². The van der Waals surface area contributed by atoms with Gasteiger partial charge in [-0.2, -0.15) is 0 Å². The molecule has 0 amide bonds. The van der Waals surface area contributed by atoms with Crippen LogP contribution in [-0.4, -0.2) is 19.3 Å². The molecule has 18 heavy (non-hydrogen) atoms. The highest BCUT2D eigenvalue weighted by molar-refractivity contribution is 8.09. The minimum atomic E-state index is -2.20. The van der Waals surface area contributed by atoms with Crippen molar-refractivity contribution >= 4 is 18.4 Å². The van der Waals surface area contributed by atoms with Crippen LogP contribution >= 0.6 is 6.64 Å². The largest absolute Gasteiger partial charge is 0.316 e. The lowest BCUT2D eigenvalue weighted by Gasteiger charge is -2.14. The van der Waals surface area contributed by atoms with Crippen molar-refractivity contribution in [3.63, 3.8) is 0 Å². The van der Waals surface area contributed by atoms with Crippen molar-refractivity contribution in [2.24, 2.45) is 0 Å². The van der Waals surface area contributed by atoms with Gasteiger partial charge in [0.2, 0.25) is 0 Å². The summed E-state index contributed by atoms with van der Waals surface area (Å²) in [6, 6.07) is 0.304. The van der Waals surface area contributed by atoms with Gasteiger partial charge in [0.05, 0.1) is 13.2 Å². The van der Waals surface area contributed by atoms with Crippen LogP contribution < -0.4 is 5.09 Å². The van der Waals surface area contributed by atoms with Gasteiger partial charge in [0.15, 0.2) is 0 Å². The Balaban J connectivity index is 2.27. The lowest BCUT2D eigenvalue weighted by atomic mass is 10.1. The molecule has 0 aromatic rings. The van der Waals surface area contributed by atoms with E-state index in [0.29, 0.717) is 19.3 Å². The van der Waals surface area contributed by atoms with Gasteiger partial charge < -0.3 is 9.05 Å². The average Bonchev–Trinajstić information content (AvgIpc) is 2.58. The summed E-state index contributed by atoms with van der Waals surface area (Å²) in [5.41, 5.74) is 2.70. The van der Waals surface area contributed by atoms with Gasteiger partial charge in [-0.25, -0.2) is 5.09 Å². The molecule has 1 aliphatic heterocycles. The van der Waals surface area contributed by atoms with Gasteiger partial charge >= 0.3 is 0 Å². The van der Waals surface area contributed by atoms with Crippen molar-refractivity contribution in [2.75, 3.05) is 13.2 Å². The molecule has 0 saturated carbocycles. The van der Waals surface area contributed by atoms with Crippen LogP contribution in [0.2, 0.25) is 0 Å². The predicted octanol–water partition coefficient (Wildman–Crippen LogP) is 3.93. The van der Waals surface area contributed by atoms with E-state index in [4.69, 9.17) is 20.9 Å². The Morgan fingerprint density at radius 1 is 1.44 bits per heavy atom. The van der Waals surface area contributed by atoms with Crippen LogP contribution in [0.5, 0.6) is 0 Å². The fourth-order valence-electron chi connectivity index (χ4n) is 1.60. The lowest BCUT2D eigenvalue weighted by molar-refractivity contribution is 0.290. The number of rotatable bonds is 6. The zero-order valence-electron chi connectivity index (χ0n) is 11.7. The fraction of sp³-hybridized carbons (Fsp3) is 0.692. The monoisotopic (exact) mass is 289 g/mol. The van der Waals surface area contributed by atoms with Gasteiger partial charge in [-0.3, -0.25) is 0 Å². The van der Waals surface area contributed by atoms with E-state index >= 15 is 0 Å². The van der Waals surface area contributed by atoms with Crippen molar-refractivity contribution in [3.05, 3.63) is 23.3 Å². The van der Waals surface area contributed by atoms with Gasteiger partial charge in [-0.05, 0) is 52.3 Å². The summed E-state index contributed by atoms with van der Waals surface area (Å²) in [7, 11) is 0. The molecule has 1 unspecified atom stereocenters. The summed E-state index contributed by atoms with van der Waals surface area (Å²) < 4.78 is 11.2. The summed E-state index contributed by atoms with van der Waals surface area (Å²) in [5.74, 6) is 0. The van der Waals surface area contributed by atoms with Crippen LogP contribution in [0, 0.1) is 0 Å². The molecule has 104 valence electrons. The molecule has 0 spiro atoms. The Kier molecular flexibility index (Phi) is 6.75. The van der Waals surface area contributed by atoms with Crippen molar-refractivity contribution in [1.29, 1.82) is 0 Å². The normalized spacial score (nSPS) is 28.4. The number of hydrogen-bond donors (Lipinski definition) is 1. The molecule has 1 saturated heterocycles. The molecule has 0 aromatic carbocycles. The molecule has 0 aliphatic carbocycles. The van der Waals surface area contributed by atoms with E-state index in [0.717, 1.165) is 12.8 Å². The van der Waals surface area contributed by atoms with Crippen molar-refractivity contribution < 1.29 is 9.05 Å². The first-order valence-electron chi connectivity index (χ1n) is 6.37. The molecular formula is C13H24NO2PS. The highest BCUT2D eigenvalue weighted by atomic mass is 32.5. The fourth-order valence-corrected chi connectivity index (χ4v) is 4.03.